The minimum Gasteiger partial charge on any atom is -0.394 e. The first-order chi connectivity index (χ1) is 20.5. The Balaban J connectivity index is 1.73. The van der Waals surface area contributed by atoms with Crippen molar-refractivity contribution in [1.82, 2.24) is 0 Å². The molecule has 0 spiro atoms. The monoisotopic (exact) mass is 696 g/mol. The van der Waals surface area contributed by atoms with Crippen LogP contribution in [0, 0.1) is 38.2 Å². The van der Waals surface area contributed by atoms with Crippen LogP contribution in [0.1, 0.15) is 27.8 Å². The molecule has 1 aliphatic rings. The van der Waals surface area contributed by atoms with Crippen LogP contribution in [0.3, 0.4) is 0 Å². The van der Waals surface area contributed by atoms with Crippen LogP contribution in [-0.2, 0) is 4.57 Å². The van der Waals surface area contributed by atoms with Gasteiger partial charge in [-0.05, 0) is 136 Å². The highest BCUT2D eigenvalue weighted by molar-refractivity contribution is 14.1. The second kappa shape index (κ2) is 10.2. The first-order valence-corrected chi connectivity index (χ1v) is 16.8. The van der Waals surface area contributed by atoms with Crippen molar-refractivity contribution >= 4 is 52.0 Å². The maximum atomic E-state index is 14.0. The van der Waals surface area contributed by atoms with Crippen molar-refractivity contribution in [1.29, 1.82) is 0 Å². The quantitative estimate of drug-likeness (QED) is 0.145. The van der Waals surface area contributed by atoms with E-state index in [0.717, 1.165) is 86.3 Å². The Morgan fingerprint density at radius 1 is 0.581 bits per heavy atom. The third-order valence-electron chi connectivity index (χ3n) is 8.38. The lowest BCUT2D eigenvalue weighted by Gasteiger charge is -2.21. The van der Waals surface area contributed by atoms with Gasteiger partial charge in [-0.2, -0.15) is 0 Å². The maximum absolute atomic E-state index is 14.0. The number of aryl methyl sites for hydroxylation is 5. The average molecular weight is 697 g/mol. The second-order valence-corrected chi connectivity index (χ2v) is 14.1. The topological polar surface area (TPSA) is 55.8 Å². The van der Waals surface area contributed by atoms with Crippen LogP contribution in [0.2, 0.25) is 0 Å². The highest BCUT2D eigenvalue weighted by Gasteiger charge is 2.38. The number of hydrogen-bond donors (Lipinski definition) is 1. The third-order valence-corrected chi connectivity index (χ3v) is 9.83. The molecule has 1 aliphatic heterocycles. The zero-order valence-electron chi connectivity index (χ0n) is 24.6. The van der Waals surface area contributed by atoms with Gasteiger partial charge in [0, 0.05) is 25.8 Å². The highest BCUT2D eigenvalue weighted by atomic mass is 127. The summed E-state index contributed by atoms with van der Waals surface area (Å²) in [5, 5.41) is 3.87. The normalized spacial score (nSPS) is 15.9. The standard InChI is InChI=1S/C37H30IO4P/c1-20-14-21(2)32(22(3)15-20)30-18-25-10-6-8-12-28(25)34-35-29-13-9-7-11-26(29)19-31(33-23(4)16-27(38)17-24(33)5)37(35)42-43(39,40)41-36(30)34/h6-19H,1-5H3,(H,39,40). The van der Waals surface area contributed by atoms with Crippen LogP contribution in [-0.4, -0.2) is 4.89 Å². The second-order valence-electron chi connectivity index (χ2n) is 11.5. The van der Waals surface area contributed by atoms with Crippen molar-refractivity contribution in [2.45, 2.75) is 34.6 Å². The molecule has 6 aromatic rings. The molecule has 1 atom stereocenters. The van der Waals surface area contributed by atoms with E-state index in [0.29, 0.717) is 11.5 Å². The highest BCUT2D eigenvalue weighted by Crippen LogP contribution is 2.62. The Morgan fingerprint density at radius 3 is 1.42 bits per heavy atom. The number of fused-ring (bicyclic) bond motifs is 7. The maximum Gasteiger partial charge on any atom is 0.584 e. The number of halogens is 1. The van der Waals surface area contributed by atoms with E-state index < -0.39 is 7.82 Å². The van der Waals surface area contributed by atoms with Crippen molar-refractivity contribution in [2.75, 3.05) is 0 Å². The summed E-state index contributed by atoms with van der Waals surface area (Å²) in [7, 11) is -4.63. The molecule has 0 aliphatic carbocycles. The summed E-state index contributed by atoms with van der Waals surface area (Å²) in [5.74, 6) is 0.715. The molecule has 7 rings (SSSR count). The van der Waals surface area contributed by atoms with Crippen LogP contribution in [0.15, 0.2) is 84.9 Å². The van der Waals surface area contributed by atoms with Gasteiger partial charge >= 0.3 is 7.82 Å². The van der Waals surface area contributed by atoms with Crippen molar-refractivity contribution in [3.63, 3.8) is 0 Å². The molecule has 1 N–H and O–H groups in total. The summed E-state index contributed by atoms with van der Waals surface area (Å²) in [4.78, 5) is 11.4. The Labute approximate surface area is 265 Å². The van der Waals surface area contributed by atoms with E-state index in [4.69, 9.17) is 9.05 Å². The van der Waals surface area contributed by atoms with Crippen molar-refractivity contribution in [2.24, 2.45) is 0 Å². The Kier molecular flexibility index (Phi) is 6.69. The molecule has 0 bridgehead atoms. The van der Waals surface area contributed by atoms with E-state index in [-0.39, 0.29) is 0 Å². The molecular weight excluding hydrogens is 666 g/mol. The number of hydrogen-bond acceptors (Lipinski definition) is 3. The molecule has 0 saturated heterocycles. The molecule has 214 valence electrons. The molecule has 1 heterocycles. The van der Waals surface area contributed by atoms with Crippen LogP contribution in [0.25, 0.3) is 54.9 Å². The van der Waals surface area contributed by atoms with Crippen LogP contribution in [0.5, 0.6) is 11.5 Å². The molecule has 0 aromatic heterocycles. The van der Waals surface area contributed by atoms with Gasteiger partial charge in [0.25, 0.3) is 0 Å². The molecule has 1 unspecified atom stereocenters. The van der Waals surface area contributed by atoms with E-state index in [1.807, 2.05) is 24.3 Å². The predicted octanol–water partition coefficient (Wildman–Crippen LogP) is 11.0. The fourth-order valence-electron chi connectivity index (χ4n) is 6.90. The van der Waals surface area contributed by atoms with Gasteiger partial charge in [0.05, 0.1) is 0 Å². The van der Waals surface area contributed by atoms with E-state index in [9.17, 15) is 9.46 Å². The van der Waals surface area contributed by atoms with E-state index in [1.165, 1.54) is 0 Å². The first-order valence-electron chi connectivity index (χ1n) is 14.2. The summed E-state index contributed by atoms with van der Waals surface area (Å²) in [5.41, 5.74) is 10.4. The molecule has 0 radical (unpaired) electrons. The molecular formula is C37H30IO4P. The van der Waals surface area contributed by atoms with Gasteiger partial charge in [-0.1, -0.05) is 66.2 Å². The van der Waals surface area contributed by atoms with E-state index in [1.54, 1.807) is 0 Å². The molecule has 6 heteroatoms. The summed E-state index contributed by atoms with van der Waals surface area (Å²) in [6, 6.07) is 29.0. The summed E-state index contributed by atoms with van der Waals surface area (Å²) in [6.07, 6.45) is 0. The minimum absolute atomic E-state index is 0.357. The number of benzene rings is 6. The Morgan fingerprint density at radius 2 is 0.977 bits per heavy atom. The lowest BCUT2D eigenvalue weighted by atomic mass is 9.84. The third kappa shape index (κ3) is 4.66. The summed E-state index contributed by atoms with van der Waals surface area (Å²) in [6.45, 7) is 10.4. The summed E-state index contributed by atoms with van der Waals surface area (Å²) < 4.78 is 27.4. The zero-order valence-corrected chi connectivity index (χ0v) is 27.6. The van der Waals surface area contributed by atoms with Crippen molar-refractivity contribution in [3.8, 4) is 44.9 Å². The fraction of sp³-hybridized carbons (Fsp3) is 0.135. The molecule has 0 amide bonds. The van der Waals surface area contributed by atoms with Crippen LogP contribution >= 0.6 is 30.4 Å². The minimum atomic E-state index is -4.63. The van der Waals surface area contributed by atoms with E-state index >= 15 is 0 Å². The van der Waals surface area contributed by atoms with Crippen LogP contribution in [0.4, 0.5) is 0 Å². The largest absolute Gasteiger partial charge is 0.584 e. The number of phosphoric ester groups is 1. The predicted molar refractivity (Wildman–Crippen MR) is 185 cm³/mol. The lowest BCUT2D eigenvalue weighted by molar-refractivity contribution is 0.295. The van der Waals surface area contributed by atoms with Gasteiger partial charge in [0.1, 0.15) is 11.5 Å². The Bertz CT molecular complexity index is 2000. The molecule has 43 heavy (non-hydrogen) atoms. The van der Waals surface area contributed by atoms with Gasteiger partial charge in [0.15, 0.2) is 0 Å². The average Bonchev–Trinajstić information content (AvgIpc) is 3.05. The summed E-state index contributed by atoms with van der Waals surface area (Å²) >= 11 is 2.33. The lowest BCUT2D eigenvalue weighted by Crippen LogP contribution is -2.01. The molecule has 0 saturated carbocycles. The first kappa shape index (κ1) is 28.1. The van der Waals surface area contributed by atoms with Gasteiger partial charge in [-0.15, -0.1) is 0 Å². The van der Waals surface area contributed by atoms with Gasteiger partial charge in [0.2, 0.25) is 0 Å². The van der Waals surface area contributed by atoms with Crippen molar-refractivity contribution < 1.29 is 18.5 Å². The number of rotatable bonds is 2. The Hall–Kier alpha value is -3.64. The SMILES string of the molecule is Cc1cc(C)c(-c2cc3ccccc3c3c2OP(=O)(O)Oc2c(-c4c(C)cc(I)cc4C)cc4ccccc4c2-3)c(C)c1. The van der Waals surface area contributed by atoms with Crippen molar-refractivity contribution in [3.05, 3.63) is 116 Å². The number of phosphoric acid groups is 1. The van der Waals surface area contributed by atoms with Gasteiger partial charge in [-0.25, -0.2) is 4.57 Å². The van der Waals surface area contributed by atoms with Gasteiger partial charge in [-0.3, -0.25) is 4.89 Å². The fourth-order valence-corrected chi connectivity index (χ4v) is 8.72. The van der Waals surface area contributed by atoms with E-state index in [2.05, 4.69) is 118 Å². The van der Waals surface area contributed by atoms with Gasteiger partial charge < -0.3 is 9.05 Å². The van der Waals surface area contributed by atoms with Crippen LogP contribution < -0.4 is 9.05 Å². The molecule has 0 fully saturated rings. The molecule has 6 aromatic carbocycles. The molecule has 4 nitrogen and oxygen atoms in total. The zero-order chi connectivity index (χ0) is 30.2. The smallest absolute Gasteiger partial charge is 0.394 e.